The van der Waals surface area contributed by atoms with Gasteiger partial charge in [-0.05, 0) is 36.8 Å². The van der Waals surface area contributed by atoms with E-state index in [2.05, 4.69) is 0 Å². The predicted octanol–water partition coefficient (Wildman–Crippen LogP) is 2.47. The van der Waals surface area contributed by atoms with Crippen LogP contribution in [-0.2, 0) is 14.8 Å². The van der Waals surface area contributed by atoms with Gasteiger partial charge in [0.2, 0.25) is 10.0 Å². The number of carbonyl (C=O) groups is 1. The fourth-order valence-electron chi connectivity index (χ4n) is 3.03. The number of ether oxygens (including phenoxy) is 1. The molecule has 1 aliphatic rings. The zero-order chi connectivity index (χ0) is 21.9. The second-order valence-corrected chi connectivity index (χ2v) is 9.08. The maximum atomic E-state index is 12.8. The molecular formula is C19H20ClN3O6S. The molecule has 0 N–H and O–H groups in total. The maximum Gasteiger partial charge on any atom is 0.270 e. The van der Waals surface area contributed by atoms with E-state index in [4.69, 9.17) is 16.3 Å². The normalized spacial score (nSPS) is 15.1. The lowest BCUT2D eigenvalue weighted by atomic mass is 10.2. The summed E-state index contributed by atoms with van der Waals surface area (Å²) in [5.41, 5.74) is 0.543. The van der Waals surface area contributed by atoms with Gasteiger partial charge in [0.05, 0.1) is 9.82 Å². The number of aryl methyl sites for hydroxylation is 1. The SMILES string of the molecule is Cc1cc(OCC(=O)N2CCN(S(=O)(=O)c3cccc([N+](=O)[O-])c3)CC2)ccc1Cl. The van der Waals surface area contributed by atoms with Crippen LogP contribution in [0.1, 0.15) is 5.56 Å². The Morgan fingerprint density at radius 3 is 2.50 bits per heavy atom. The van der Waals surface area contributed by atoms with E-state index in [9.17, 15) is 23.3 Å². The first-order valence-electron chi connectivity index (χ1n) is 9.10. The van der Waals surface area contributed by atoms with Gasteiger partial charge < -0.3 is 9.64 Å². The van der Waals surface area contributed by atoms with Crippen LogP contribution < -0.4 is 4.74 Å². The third-order valence-corrected chi connectivity index (χ3v) is 7.07. The Morgan fingerprint density at radius 1 is 1.17 bits per heavy atom. The summed E-state index contributed by atoms with van der Waals surface area (Å²) in [5, 5.41) is 11.5. The number of carbonyl (C=O) groups excluding carboxylic acids is 1. The van der Waals surface area contributed by atoms with E-state index in [1.54, 1.807) is 18.2 Å². The second kappa shape index (κ2) is 8.99. The van der Waals surface area contributed by atoms with Crippen molar-refractivity contribution < 1.29 is 22.9 Å². The van der Waals surface area contributed by atoms with Crippen LogP contribution >= 0.6 is 11.6 Å². The Labute approximate surface area is 179 Å². The molecule has 0 radical (unpaired) electrons. The molecule has 9 nitrogen and oxygen atoms in total. The van der Waals surface area contributed by atoms with E-state index >= 15 is 0 Å². The van der Waals surface area contributed by atoms with Crippen LogP contribution in [-0.4, -0.2) is 61.2 Å². The number of hydrogen-bond donors (Lipinski definition) is 0. The number of amides is 1. The van der Waals surface area contributed by atoms with E-state index in [1.807, 2.05) is 6.92 Å². The highest BCUT2D eigenvalue weighted by molar-refractivity contribution is 7.89. The van der Waals surface area contributed by atoms with Crippen molar-refractivity contribution in [2.75, 3.05) is 32.8 Å². The van der Waals surface area contributed by atoms with Gasteiger partial charge in [0, 0.05) is 43.3 Å². The van der Waals surface area contributed by atoms with Crippen molar-refractivity contribution >= 4 is 33.2 Å². The molecule has 0 atom stereocenters. The molecule has 3 rings (SSSR count). The van der Waals surface area contributed by atoms with E-state index < -0.39 is 14.9 Å². The number of nitro benzene ring substituents is 1. The minimum absolute atomic E-state index is 0.0941. The average Bonchev–Trinajstić information content (AvgIpc) is 2.74. The Balaban J connectivity index is 1.58. The summed E-state index contributed by atoms with van der Waals surface area (Å²) in [4.78, 5) is 24.1. The van der Waals surface area contributed by atoms with Gasteiger partial charge in [-0.2, -0.15) is 4.31 Å². The van der Waals surface area contributed by atoms with Gasteiger partial charge >= 0.3 is 0 Å². The monoisotopic (exact) mass is 453 g/mol. The van der Waals surface area contributed by atoms with Crippen LogP contribution in [0, 0.1) is 17.0 Å². The molecule has 2 aromatic rings. The summed E-state index contributed by atoms with van der Waals surface area (Å²) in [6.07, 6.45) is 0. The quantitative estimate of drug-likeness (QED) is 0.490. The first-order chi connectivity index (χ1) is 14.2. The van der Waals surface area contributed by atoms with Crippen LogP contribution in [0.2, 0.25) is 5.02 Å². The van der Waals surface area contributed by atoms with Crippen molar-refractivity contribution in [1.29, 1.82) is 0 Å². The fraction of sp³-hybridized carbons (Fsp3) is 0.316. The number of nitrogens with zero attached hydrogens (tertiary/aromatic N) is 3. The summed E-state index contributed by atoms with van der Waals surface area (Å²) in [5.74, 6) is 0.270. The van der Waals surface area contributed by atoms with Crippen LogP contribution in [0.5, 0.6) is 5.75 Å². The van der Waals surface area contributed by atoms with E-state index in [0.29, 0.717) is 10.8 Å². The van der Waals surface area contributed by atoms with Crippen molar-refractivity contribution in [1.82, 2.24) is 9.21 Å². The lowest BCUT2D eigenvalue weighted by Gasteiger charge is -2.33. The van der Waals surface area contributed by atoms with Gasteiger partial charge in [-0.1, -0.05) is 17.7 Å². The van der Waals surface area contributed by atoms with Gasteiger partial charge in [0.25, 0.3) is 11.6 Å². The van der Waals surface area contributed by atoms with E-state index in [1.165, 1.54) is 27.4 Å². The van der Waals surface area contributed by atoms with Crippen molar-refractivity contribution in [3.05, 3.63) is 63.2 Å². The van der Waals surface area contributed by atoms with Gasteiger partial charge in [0.1, 0.15) is 5.75 Å². The molecule has 1 heterocycles. The second-order valence-electron chi connectivity index (χ2n) is 6.74. The average molecular weight is 454 g/mol. The Bertz CT molecular complexity index is 1070. The molecule has 1 fully saturated rings. The molecule has 1 aliphatic heterocycles. The summed E-state index contributed by atoms with van der Waals surface area (Å²) in [6, 6.07) is 10.0. The lowest BCUT2D eigenvalue weighted by molar-refractivity contribution is -0.385. The zero-order valence-electron chi connectivity index (χ0n) is 16.2. The number of piperazine rings is 1. The van der Waals surface area contributed by atoms with Crippen LogP contribution in [0.25, 0.3) is 0 Å². The molecular weight excluding hydrogens is 434 g/mol. The van der Waals surface area contributed by atoms with E-state index in [0.717, 1.165) is 11.6 Å². The van der Waals surface area contributed by atoms with Gasteiger partial charge in [-0.25, -0.2) is 8.42 Å². The first-order valence-corrected chi connectivity index (χ1v) is 10.9. The third-order valence-electron chi connectivity index (χ3n) is 4.75. The number of rotatable bonds is 6. The van der Waals surface area contributed by atoms with Crippen LogP contribution in [0.4, 0.5) is 5.69 Å². The topological polar surface area (TPSA) is 110 Å². The largest absolute Gasteiger partial charge is 0.484 e. The zero-order valence-corrected chi connectivity index (χ0v) is 17.7. The minimum atomic E-state index is -3.88. The Morgan fingerprint density at radius 2 is 1.87 bits per heavy atom. The van der Waals surface area contributed by atoms with Crippen LogP contribution in [0.3, 0.4) is 0 Å². The number of sulfonamides is 1. The van der Waals surface area contributed by atoms with Crippen molar-refractivity contribution in [2.24, 2.45) is 0 Å². The molecule has 0 bridgehead atoms. The summed E-state index contributed by atoms with van der Waals surface area (Å²) >= 11 is 5.97. The van der Waals surface area contributed by atoms with Gasteiger partial charge in [0.15, 0.2) is 6.61 Å². The predicted molar refractivity (Wildman–Crippen MR) is 110 cm³/mol. The number of nitro groups is 1. The molecule has 0 saturated carbocycles. The standard InChI is InChI=1S/C19H20ClN3O6S/c1-14-11-16(5-6-18(14)20)29-13-19(24)21-7-9-22(10-8-21)30(27,28)17-4-2-3-15(12-17)23(25)26/h2-6,11-12H,7-10,13H2,1H3. The highest BCUT2D eigenvalue weighted by atomic mass is 35.5. The number of hydrogen-bond acceptors (Lipinski definition) is 6. The molecule has 160 valence electrons. The Kier molecular flexibility index (Phi) is 6.59. The molecule has 11 heteroatoms. The smallest absolute Gasteiger partial charge is 0.270 e. The summed E-state index contributed by atoms with van der Waals surface area (Å²) < 4.78 is 32.3. The number of halogens is 1. The van der Waals surface area contributed by atoms with Crippen molar-refractivity contribution in [3.8, 4) is 5.75 Å². The van der Waals surface area contributed by atoms with Crippen molar-refractivity contribution in [2.45, 2.75) is 11.8 Å². The summed E-state index contributed by atoms with van der Waals surface area (Å²) in [7, 11) is -3.88. The third kappa shape index (κ3) is 4.89. The molecule has 2 aromatic carbocycles. The maximum absolute atomic E-state index is 12.8. The van der Waals surface area contributed by atoms with Gasteiger partial charge in [-0.15, -0.1) is 0 Å². The lowest BCUT2D eigenvalue weighted by Crippen LogP contribution is -2.51. The van der Waals surface area contributed by atoms with Crippen LogP contribution in [0.15, 0.2) is 47.4 Å². The molecule has 0 unspecified atom stereocenters. The highest BCUT2D eigenvalue weighted by Gasteiger charge is 2.31. The number of non-ortho nitro benzene ring substituents is 1. The summed E-state index contributed by atoms with van der Waals surface area (Å²) in [6.45, 7) is 2.26. The van der Waals surface area contributed by atoms with E-state index in [-0.39, 0.29) is 49.3 Å². The molecule has 1 saturated heterocycles. The molecule has 0 spiro atoms. The first kappa shape index (κ1) is 22.0. The fourth-order valence-corrected chi connectivity index (χ4v) is 4.61. The molecule has 0 aromatic heterocycles. The molecule has 0 aliphatic carbocycles. The van der Waals surface area contributed by atoms with Crippen molar-refractivity contribution in [3.63, 3.8) is 0 Å². The Hall–Kier alpha value is -2.69. The highest BCUT2D eigenvalue weighted by Crippen LogP contribution is 2.23. The minimum Gasteiger partial charge on any atom is -0.484 e. The molecule has 30 heavy (non-hydrogen) atoms. The molecule has 1 amide bonds. The van der Waals surface area contributed by atoms with Gasteiger partial charge in [-0.3, -0.25) is 14.9 Å². The number of benzene rings is 2.